The molecule has 1 fully saturated rings. The summed E-state index contributed by atoms with van der Waals surface area (Å²) in [5, 5.41) is 8.86. The first-order valence-electron chi connectivity index (χ1n) is 6.92. The van der Waals surface area contributed by atoms with Crippen molar-refractivity contribution < 1.29 is 19.4 Å². The molecule has 1 aliphatic rings. The highest BCUT2D eigenvalue weighted by Crippen LogP contribution is 2.29. The van der Waals surface area contributed by atoms with Gasteiger partial charge in [-0.1, -0.05) is 47.1 Å². The smallest absolute Gasteiger partial charge is 0.339 e. The van der Waals surface area contributed by atoms with Crippen molar-refractivity contribution in [2.75, 3.05) is 11.5 Å². The number of para-hydroxylation sites is 1. The molecule has 0 aliphatic carbocycles. The molecule has 1 aromatic rings. The third kappa shape index (κ3) is 7.43. The summed E-state index contributed by atoms with van der Waals surface area (Å²) in [6.45, 7) is 1.97. The van der Waals surface area contributed by atoms with Gasteiger partial charge < -0.3 is 9.84 Å². The molecule has 1 heterocycles. The molecule has 4 nitrogen and oxygen atoms in total. The first kappa shape index (κ1) is 17.9. The van der Waals surface area contributed by atoms with Crippen molar-refractivity contribution in [3.05, 3.63) is 29.8 Å². The second-order valence-electron chi connectivity index (χ2n) is 4.38. The zero-order valence-corrected chi connectivity index (χ0v) is 13.7. The molecule has 1 saturated heterocycles. The number of carboxylic acids is 1. The molecule has 2 rings (SSSR count). The van der Waals surface area contributed by atoms with Gasteiger partial charge in [-0.15, -0.1) is 0 Å². The number of aromatic carboxylic acids is 1. The first-order valence-corrected chi connectivity index (χ1v) is 9.41. The van der Waals surface area contributed by atoms with Crippen molar-refractivity contribution in [2.45, 2.75) is 32.6 Å². The van der Waals surface area contributed by atoms with Crippen LogP contribution in [0.15, 0.2) is 24.3 Å². The summed E-state index contributed by atoms with van der Waals surface area (Å²) in [5.74, 6) is 1.38. The Morgan fingerprint density at radius 1 is 1.24 bits per heavy atom. The van der Waals surface area contributed by atoms with Crippen LogP contribution >= 0.6 is 21.6 Å². The van der Waals surface area contributed by atoms with E-state index in [-0.39, 0.29) is 11.3 Å². The summed E-state index contributed by atoms with van der Waals surface area (Å²) < 4.78 is 4.99. The second kappa shape index (κ2) is 10.6. The zero-order valence-electron chi connectivity index (χ0n) is 12.0. The zero-order chi connectivity index (χ0) is 15.5. The number of hydrogen-bond acceptors (Lipinski definition) is 5. The Labute approximate surface area is 133 Å². The lowest BCUT2D eigenvalue weighted by Crippen LogP contribution is -2.10. The maximum Gasteiger partial charge on any atom is 0.339 e. The lowest BCUT2D eigenvalue weighted by atomic mass is 10.2. The number of esters is 1. The minimum atomic E-state index is -1.10. The molecule has 0 unspecified atom stereocenters. The highest BCUT2D eigenvalue weighted by molar-refractivity contribution is 8.77. The van der Waals surface area contributed by atoms with Crippen LogP contribution in [0.5, 0.6) is 5.75 Å². The lowest BCUT2D eigenvalue weighted by Gasteiger charge is -2.06. The third-order valence-corrected chi connectivity index (χ3v) is 5.19. The number of carbonyl (C=O) groups is 2. The number of carbonyl (C=O) groups excluding carboxylic acids is 1. The summed E-state index contributed by atoms with van der Waals surface area (Å²) >= 11 is 0. The van der Waals surface area contributed by atoms with Crippen LogP contribution in [0, 0.1) is 0 Å². The van der Waals surface area contributed by atoms with Gasteiger partial charge in [0.15, 0.2) is 0 Å². The van der Waals surface area contributed by atoms with Gasteiger partial charge in [-0.25, -0.2) is 4.79 Å². The van der Waals surface area contributed by atoms with Crippen molar-refractivity contribution in [1.82, 2.24) is 0 Å². The van der Waals surface area contributed by atoms with E-state index in [1.807, 2.05) is 28.5 Å². The number of benzene rings is 1. The summed E-state index contributed by atoms with van der Waals surface area (Å²) in [6.07, 6.45) is 3.38. The molecule has 0 saturated carbocycles. The van der Waals surface area contributed by atoms with E-state index in [0.29, 0.717) is 6.42 Å². The largest absolute Gasteiger partial charge is 0.478 e. The van der Waals surface area contributed by atoms with E-state index in [0.717, 1.165) is 12.8 Å². The normalized spacial score (nSPS) is 13.2. The Hall–Kier alpha value is -1.14. The number of ether oxygens (including phenoxy) is 1. The van der Waals surface area contributed by atoms with Gasteiger partial charge in [-0.05, 0) is 25.0 Å². The lowest BCUT2D eigenvalue weighted by molar-refractivity contribution is -0.134. The van der Waals surface area contributed by atoms with Gasteiger partial charge >= 0.3 is 11.9 Å². The maximum atomic E-state index is 11.3. The second-order valence-corrected chi connectivity index (χ2v) is 7.08. The Balaban J connectivity index is 0.000000369. The summed E-state index contributed by atoms with van der Waals surface area (Å²) in [4.78, 5) is 22.2. The minimum absolute atomic E-state index is 0.00680. The Morgan fingerprint density at radius 2 is 1.90 bits per heavy atom. The van der Waals surface area contributed by atoms with E-state index in [4.69, 9.17) is 9.84 Å². The predicted octanol–water partition coefficient (Wildman–Crippen LogP) is 4.25. The first-order chi connectivity index (χ1) is 10.1. The Morgan fingerprint density at radius 3 is 2.43 bits per heavy atom. The van der Waals surface area contributed by atoms with E-state index >= 15 is 0 Å². The van der Waals surface area contributed by atoms with E-state index < -0.39 is 11.9 Å². The fourth-order valence-electron chi connectivity index (χ4n) is 1.52. The van der Waals surface area contributed by atoms with Crippen molar-refractivity contribution in [3.63, 3.8) is 0 Å². The molecule has 1 aromatic carbocycles. The molecule has 1 N–H and O–H groups in total. The predicted molar refractivity (Wildman–Crippen MR) is 88.1 cm³/mol. The highest BCUT2D eigenvalue weighted by Gasteiger charge is 2.13. The van der Waals surface area contributed by atoms with E-state index in [1.165, 1.54) is 30.1 Å². The molecule has 21 heavy (non-hydrogen) atoms. The van der Waals surface area contributed by atoms with Gasteiger partial charge in [-0.2, -0.15) is 0 Å². The van der Waals surface area contributed by atoms with Crippen LogP contribution in [-0.2, 0) is 4.79 Å². The molecule has 0 atom stereocenters. The van der Waals surface area contributed by atoms with Gasteiger partial charge in [0.1, 0.15) is 11.3 Å². The van der Waals surface area contributed by atoms with Crippen molar-refractivity contribution in [3.8, 4) is 5.75 Å². The monoisotopic (exact) mass is 328 g/mol. The van der Waals surface area contributed by atoms with Gasteiger partial charge in [0.25, 0.3) is 0 Å². The van der Waals surface area contributed by atoms with Crippen LogP contribution in [0.2, 0.25) is 0 Å². The molecule has 116 valence electrons. The fourth-order valence-corrected chi connectivity index (χ4v) is 3.88. The van der Waals surface area contributed by atoms with Crippen LogP contribution < -0.4 is 4.74 Å². The van der Waals surface area contributed by atoms with Gasteiger partial charge in [-0.3, -0.25) is 4.79 Å². The van der Waals surface area contributed by atoms with Gasteiger partial charge in [0.2, 0.25) is 0 Å². The topological polar surface area (TPSA) is 63.6 Å². The van der Waals surface area contributed by atoms with E-state index in [2.05, 4.69) is 0 Å². The van der Waals surface area contributed by atoms with Crippen LogP contribution in [0.4, 0.5) is 0 Å². The Kier molecular flexibility index (Phi) is 9.01. The van der Waals surface area contributed by atoms with Crippen LogP contribution in [0.1, 0.15) is 43.0 Å². The average Bonchev–Trinajstić information content (AvgIpc) is 3.05. The summed E-state index contributed by atoms with van der Waals surface area (Å²) in [7, 11) is 3.98. The average molecular weight is 328 g/mol. The number of carboxylic acid groups (broad SMARTS) is 1. The molecule has 0 amide bonds. The fraction of sp³-hybridized carbons (Fsp3) is 0.467. The molecule has 0 radical (unpaired) electrons. The Bertz CT molecular complexity index is 451. The molecule has 6 heteroatoms. The van der Waals surface area contributed by atoms with Crippen molar-refractivity contribution >= 4 is 33.5 Å². The van der Waals surface area contributed by atoms with E-state index in [9.17, 15) is 9.59 Å². The van der Waals surface area contributed by atoms with Crippen molar-refractivity contribution in [1.29, 1.82) is 0 Å². The van der Waals surface area contributed by atoms with Crippen LogP contribution in [0.3, 0.4) is 0 Å². The molecule has 0 spiro atoms. The minimum Gasteiger partial charge on any atom is -0.478 e. The number of rotatable bonds is 5. The maximum absolute atomic E-state index is 11.3. The van der Waals surface area contributed by atoms with E-state index in [1.54, 1.807) is 12.1 Å². The van der Waals surface area contributed by atoms with Gasteiger partial charge in [0, 0.05) is 17.9 Å². The molecule has 1 aliphatic heterocycles. The standard InChI is InChI=1S/C12H14O4.C3H6S2/c1-2-3-8-11(13)16-10-7-5-4-6-9(10)12(14)15;1-2-4-5-3-1/h4-7H,2-3,8H2,1H3,(H,14,15);1-3H2. The number of hydrogen-bond donors (Lipinski definition) is 1. The molecular formula is C15H20O4S2. The van der Waals surface area contributed by atoms with Gasteiger partial charge in [0.05, 0.1) is 0 Å². The summed E-state index contributed by atoms with van der Waals surface area (Å²) in [6, 6.07) is 6.11. The SMILES string of the molecule is C1CSSC1.CCCCC(=O)Oc1ccccc1C(=O)O. The third-order valence-electron chi connectivity index (χ3n) is 2.61. The van der Waals surface area contributed by atoms with Crippen LogP contribution in [-0.4, -0.2) is 28.6 Å². The molecule has 0 bridgehead atoms. The highest BCUT2D eigenvalue weighted by atomic mass is 33.1. The molecule has 0 aromatic heterocycles. The van der Waals surface area contributed by atoms with Crippen LogP contribution in [0.25, 0.3) is 0 Å². The molecular weight excluding hydrogens is 308 g/mol. The quantitative estimate of drug-likeness (QED) is 0.495. The summed E-state index contributed by atoms with van der Waals surface area (Å²) in [5.41, 5.74) is 0.00680. The van der Waals surface area contributed by atoms with Crippen molar-refractivity contribution in [2.24, 2.45) is 0 Å². The number of unbranched alkanes of at least 4 members (excludes halogenated alkanes) is 1.